The lowest BCUT2D eigenvalue weighted by molar-refractivity contribution is 0.0847. The molecule has 0 radical (unpaired) electrons. The van der Waals surface area contributed by atoms with E-state index in [2.05, 4.69) is 5.32 Å². The Morgan fingerprint density at radius 3 is 2.71 bits per heavy atom. The van der Waals surface area contributed by atoms with E-state index < -0.39 is 17.3 Å². The minimum atomic E-state index is -0.730. The number of benzene rings is 1. The number of carbonyl (C=O) groups is 1. The van der Waals surface area contributed by atoms with Crippen molar-refractivity contribution >= 4 is 17.5 Å². The third kappa shape index (κ3) is 2.22. The molecule has 3 nitrogen and oxygen atoms in total. The molecule has 0 aromatic heterocycles. The number of phenolic OH excluding ortho intramolecular Hbond substituents is 1. The Kier molecular flexibility index (Phi) is 3.24. The zero-order valence-electron chi connectivity index (χ0n) is 9.17. The van der Waals surface area contributed by atoms with E-state index in [4.69, 9.17) is 11.6 Å². The molecule has 1 amide bonds. The van der Waals surface area contributed by atoms with Crippen molar-refractivity contribution in [2.75, 3.05) is 5.88 Å². The second kappa shape index (κ2) is 4.53. The average Bonchev–Trinajstić information content (AvgIpc) is 2.23. The first-order chi connectivity index (χ1) is 8.08. The summed E-state index contributed by atoms with van der Waals surface area (Å²) in [7, 11) is 0. The Bertz CT molecular complexity index is 420. The smallest absolute Gasteiger partial charge is 0.258 e. The van der Waals surface area contributed by atoms with Gasteiger partial charge in [-0.2, -0.15) is 0 Å². The van der Waals surface area contributed by atoms with E-state index >= 15 is 0 Å². The van der Waals surface area contributed by atoms with E-state index in [1.165, 1.54) is 12.1 Å². The van der Waals surface area contributed by atoms with Gasteiger partial charge in [-0.05, 0) is 31.4 Å². The Hall–Kier alpha value is -1.29. The standard InChI is InChI=1S/C12H13ClFNO2/c13-7-12(5-2-6-12)15-11(17)10-8(14)3-1-4-9(10)16/h1,3-4,16H,2,5-7H2,(H,15,17). The molecule has 1 fully saturated rings. The van der Waals surface area contributed by atoms with E-state index in [1.54, 1.807) is 0 Å². The summed E-state index contributed by atoms with van der Waals surface area (Å²) in [5.74, 6) is -1.40. The molecule has 1 aliphatic carbocycles. The third-order valence-corrected chi connectivity index (χ3v) is 3.68. The lowest BCUT2D eigenvalue weighted by Crippen LogP contribution is -2.55. The van der Waals surface area contributed by atoms with Crippen LogP contribution in [0.25, 0.3) is 0 Å². The van der Waals surface area contributed by atoms with E-state index in [1.807, 2.05) is 0 Å². The number of hydrogen-bond acceptors (Lipinski definition) is 2. The summed E-state index contributed by atoms with van der Waals surface area (Å²) in [6.07, 6.45) is 2.57. The van der Waals surface area contributed by atoms with E-state index in [-0.39, 0.29) is 11.3 Å². The molecule has 2 rings (SSSR count). The molecule has 92 valence electrons. The fourth-order valence-electron chi connectivity index (χ4n) is 1.94. The van der Waals surface area contributed by atoms with Crippen LogP contribution in [0.5, 0.6) is 5.75 Å². The van der Waals surface area contributed by atoms with Crippen LogP contribution in [-0.2, 0) is 0 Å². The summed E-state index contributed by atoms with van der Waals surface area (Å²) in [5.41, 5.74) is -0.753. The highest BCUT2D eigenvalue weighted by Crippen LogP contribution is 2.33. The molecule has 0 aliphatic heterocycles. The van der Waals surface area contributed by atoms with Crippen LogP contribution in [0.3, 0.4) is 0 Å². The summed E-state index contributed by atoms with van der Waals surface area (Å²) in [5, 5.41) is 12.2. The van der Waals surface area contributed by atoms with Crippen molar-refractivity contribution in [3.63, 3.8) is 0 Å². The van der Waals surface area contributed by atoms with Crippen molar-refractivity contribution in [2.24, 2.45) is 0 Å². The largest absolute Gasteiger partial charge is 0.507 e. The molecule has 0 saturated heterocycles. The summed E-state index contributed by atoms with van der Waals surface area (Å²) >= 11 is 5.80. The second-order valence-electron chi connectivity index (χ2n) is 4.36. The maximum absolute atomic E-state index is 13.4. The summed E-state index contributed by atoms with van der Waals surface area (Å²) in [6, 6.07) is 3.77. The molecular weight excluding hydrogens is 245 g/mol. The molecule has 0 bridgehead atoms. The first-order valence-corrected chi connectivity index (χ1v) is 5.97. The van der Waals surface area contributed by atoms with Crippen LogP contribution in [0.15, 0.2) is 18.2 Å². The van der Waals surface area contributed by atoms with Gasteiger partial charge >= 0.3 is 0 Å². The minimum Gasteiger partial charge on any atom is -0.507 e. The van der Waals surface area contributed by atoms with Gasteiger partial charge in [0, 0.05) is 5.88 Å². The number of alkyl halides is 1. The van der Waals surface area contributed by atoms with Gasteiger partial charge in [0.05, 0.1) is 5.54 Å². The van der Waals surface area contributed by atoms with Crippen molar-refractivity contribution in [3.05, 3.63) is 29.6 Å². The van der Waals surface area contributed by atoms with Crippen molar-refractivity contribution in [1.29, 1.82) is 0 Å². The molecule has 2 N–H and O–H groups in total. The highest BCUT2D eigenvalue weighted by Gasteiger charge is 2.38. The quantitative estimate of drug-likeness (QED) is 0.817. The van der Waals surface area contributed by atoms with Crippen LogP contribution in [0.1, 0.15) is 29.6 Å². The van der Waals surface area contributed by atoms with Gasteiger partial charge in [-0.3, -0.25) is 4.79 Å². The zero-order chi connectivity index (χ0) is 12.5. The maximum atomic E-state index is 13.4. The number of halogens is 2. The summed E-state index contributed by atoms with van der Waals surface area (Å²) in [6.45, 7) is 0. The predicted molar refractivity (Wildman–Crippen MR) is 62.8 cm³/mol. The molecule has 5 heteroatoms. The minimum absolute atomic E-state index is 0.300. The number of aromatic hydroxyl groups is 1. The molecule has 0 heterocycles. The SMILES string of the molecule is O=C(NC1(CCl)CCC1)c1c(O)cccc1F. The first kappa shape index (κ1) is 12.2. The van der Waals surface area contributed by atoms with Gasteiger partial charge in [0.15, 0.2) is 0 Å². The number of amides is 1. The highest BCUT2D eigenvalue weighted by molar-refractivity contribution is 6.19. The molecule has 1 aromatic carbocycles. The highest BCUT2D eigenvalue weighted by atomic mass is 35.5. The van der Waals surface area contributed by atoms with Gasteiger partial charge in [0.25, 0.3) is 5.91 Å². The van der Waals surface area contributed by atoms with Gasteiger partial charge in [0.1, 0.15) is 17.1 Å². The van der Waals surface area contributed by atoms with E-state index in [9.17, 15) is 14.3 Å². The Balaban J connectivity index is 2.20. The lowest BCUT2D eigenvalue weighted by atomic mass is 9.78. The average molecular weight is 258 g/mol. The predicted octanol–water partition coefficient (Wildman–Crippen LogP) is 2.42. The van der Waals surface area contributed by atoms with E-state index in [0.29, 0.717) is 5.88 Å². The molecule has 0 spiro atoms. The molecular formula is C12H13ClFNO2. The maximum Gasteiger partial charge on any atom is 0.258 e. The van der Waals surface area contributed by atoms with Crippen LogP contribution < -0.4 is 5.32 Å². The number of carbonyl (C=O) groups excluding carboxylic acids is 1. The van der Waals surface area contributed by atoms with Crippen molar-refractivity contribution in [3.8, 4) is 5.75 Å². The third-order valence-electron chi connectivity index (χ3n) is 3.16. The number of nitrogens with one attached hydrogen (secondary N) is 1. The lowest BCUT2D eigenvalue weighted by Gasteiger charge is -2.41. The van der Waals surface area contributed by atoms with Crippen LogP contribution in [0.2, 0.25) is 0 Å². The van der Waals surface area contributed by atoms with Crippen molar-refractivity contribution < 1.29 is 14.3 Å². The Morgan fingerprint density at radius 1 is 1.53 bits per heavy atom. The van der Waals surface area contributed by atoms with Gasteiger partial charge in [-0.15, -0.1) is 11.6 Å². The van der Waals surface area contributed by atoms with Crippen molar-refractivity contribution in [2.45, 2.75) is 24.8 Å². The molecule has 0 atom stereocenters. The monoisotopic (exact) mass is 257 g/mol. The van der Waals surface area contributed by atoms with Crippen LogP contribution in [0, 0.1) is 5.82 Å². The van der Waals surface area contributed by atoms with E-state index in [0.717, 1.165) is 25.3 Å². The molecule has 0 unspecified atom stereocenters. The molecule has 1 aromatic rings. The van der Waals surface area contributed by atoms with Crippen molar-refractivity contribution in [1.82, 2.24) is 5.32 Å². The number of rotatable bonds is 3. The fraction of sp³-hybridized carbons (Fsp3) is 0.417. The topological polar surface area (TPSA) is 49.3 Å². The Labute approximate surface area is 104 Å². The molecule has 1 aliphatic rings. The van der Waals surface area contributed by atoms with Gasteiger partial charge in [-0.1, -0.05) is 6.07 Å². The summed E-state index contributed by atoms with van der Waals surface area (Å²) < 4.78 is 13.4. The second-order valence-corrected chi connectivity index (χ2v) is 4.62. The van der Waals surface area contributed by atoms with Gasteiger partial charge in [-0.25, -0.2) is 4.39 Å². The van der Waals surface area contributed by atoms with Gasteiger partial charge in [0.2, 0.25) is 0 Å². The zero-order valence-corrected chi connectivity index (χ0v) is 9.93. The van der Waals surface area contributed by atoms with Crippen LogP contribution in [-0.4, -0.2) is 22.4 Å². The first-order valence-electron chi connectivity index (χ1n) is 5.44. The molecule has 17 heavy (non-hydrogen) atoms. The fourth-order valence-corrected chi connectivity index (χ4v) is 2.27. The molecule has 1 saturated carbocycles. The summed E-state index contributed by atoms with van der Waals surface area (Å²) in [4.78, 5) is 11.9. The van der Waals surface area contributed by atoms with Crippen LogP contribution in [0.4, 0.5) is 4.39 Å². The normalized spacial score (nSPS) is 17.3. The van der Waals surface area contributed by atoms with Gasteiger partial charge < -0.3 is 10.4 Å². The van der Waals surface area contributed by atoms with Crippen LogP contribution >= 0.6 is 11.6 Å². The number of phenols is 1. The Morgan fingerprint density at radius 2 is 2.24 bits per heavy atom. The number of hydrogen-bond donors (Lipinski definition) is 2.